The van der Waals surface area contributed by atoms with E-state index in [-0.39, 0.29) is 0 Å². The molecule has 0 saturated heterocycles. The number of hydrogen-bond donors (Lipinski definition) is 0. The van der Waals surface area contributed by atoms with Crippen molar-refractivity contribution in [2.45, 2.75) is 39.0 Å². The maximum absolute atomic E-state index is 3.79. The summed E-state index contributed by atoms with van der Waals surface area (Å²) in [5.74, 6) is 0.528. The van der Waals surface area contributed by atoms with Gasteiger partial charge in [0.25, 0.3) is 0 Å². The molecule has 0 saturated carbocycles. The molecule has 1 unspecified atom stereocenters. The first-order valence-electron chi connectivity index (χ1n) is 7.80. The molecule has 0 radical (unpaired) electrons. The number of fused-ring (bicyclic) bond motifs is 1. The van der Waals surface area contributed by atoms with E-state index in [9.17, 15) is 0 Å². The van der Waals surface area contributed by atoms with Gasteiger partial charge < -0.3 is 0 Å². The van der Waals surface area contributed by atoms with E-state index < -0.39 is 0 Å². The molecule has 0 spiro atoms. The third kappa shape index (κ3) is 2.85. The molecule has 0 nitrogen and oxygen atoms in total. The normalized spacial score (nSPS) is 16.2. The van der Waals surface area contributed by atoms with Gasteiger partial charge in [0.1, 0.15) is 0 Å². The van der Waals surface area contributed by atoms with Crippen LogP contribution >= 0.6 is 15.9 Å². The monoisotopic (exact) mass is 340 g/mol. The highest BCUT2D eigenvalue weighted by atomic mass is 79.9. The van der Waals surface area contributed by atoms with Gasteiger partial charge in [-0.15, -0.1) is 0 Å². The van der Waals surface area contributed by atoms with E-state index in [1.54, 1.807) is 0 Å². The zero-order chi connectivity index (χ0) is 14.8. The first kappa shape index (κ1) is 14.6. The molecular weight excluding hydrogens is 320 g/mol. The predicted octanol–water partition coefficient (Wildman–Crippen LogP) is 6.59. The van der Waals surface area contributed by atoms with Crippen LogP contribution in [0.3, 0.4) is 0 Å². The lowest BCUT2D eigenvalue weighted by molar-refractivity contribution is 0.796. The molecule has 1 aliphatic carbocycles. The number of unbranched alkanes of at least 4 members (excludes halogenated alkanes) is 1. The van der Waals surface area contributed by atoms with E-state index in [1.807, 2.05) is 0 Å². The molecule has 2 aromatic rings. The summed E-state index contributed by atoms with van der Waals surface area (Å²) in [7, 11) is 0. The van der Waals surface area contributed by atoms with Gasteiger partial charge in [-0.3, -0.25) is 0 Å². The minimum Gasteiger partial charge on any atom is -0.0767 e. The van der Waals surface area contributed by atoms with Crippen molar-refractivity contribution in [2.24, 2.45) is 0 Å². The Morgan fingerprint density at radius 3 is 2.71 bits per heavy atom. The van der Waals surface area contributed by atoms with Gasteiger partial charge in [-0.25, -0.2) is 0 Å². The minimum absolute atomic E-state index is 0.528. The highest BCUT2D eigenvalue weighted by Gasteiger charge is 2.17. The number of hydrogen-bond acceptors (Lipinski definition) is 0. The average Bonchev–Trinajstić information content (AvgIpc) is 2.85. The molecule has 1 aliphatic rings. The number of aryl methyl sites for hydroxylation is 1. The van der Waals surface area contributed by atoms with Crippen molar-refractivity contribution in [3.63, 3.8) is 0 Å². The third-order valence-corrected chi connectivity index (χ3v) is 4.99. The van der Waals surface area contributed by atoms with Gasteiger partial charge in [0.2, 0.25) is 0 Å². The van der Waals surface area contributed by atoms with Crippen molar-refractivity contribution in [2.75, 3.05) is 0 Å². The second kappa shape index (κ2) is 6.19. The van der Waals surface area contributed by atoms with Gasteiger partial charge in [0.15, 0.2) is 0 Å². The summed E-state index contributed by atoms with van der Waals surface area (Å²) >= 11 is 3.79. The zero-order valence-electron chi connectivity index (χ0n) is 12.7. The Morgan fingerprint density at radius 2 is 1.90 bits per heavy atom. The Morgan fingerprint density at radius 1 is 1.10 bits per heavy atom. The Kier molecular flexibility index (Phi) is 4.30. The molecule has 1 heteroatoms. The number of allylic oxidation sites excluding steroid dienone is 1. The SMILES string of the molecule is CCCCc1ccccc1-c1cc2c(cc1Br)C(C)C=C2. The maximum Gasteiger partial charge on any atom is 0.0257 e. The van der Waals surface area contributed by atoms with Crippen LogP contribution in [0.2, 0.25) is 0 Å². The summed E-state index contributed by atoms with van der Waals surface area (Å²) in [5, 5.41) is 0. The van der Waals surface area contributed by atoms with Crippen LogP contribution in [-0.2, 0) is 6.42 Å². The van der Waals surface area contributed by atoms with Gasteiger partial charge >= 0.3 is 0 Å². The van der Waals surface area contributed by atoms with E-state index >= 15 is 0 Å². The van der Waals surface area contributed by atoms with Crippen LogP contribution in [0.15, 0.2) is 46.9 Å². The van der Waals surface area contributed by atoms with E-state index in [4.69, 9.17) is 0 Å². The standard InChI is InChI=1S/C20H21Br/c1-3-4-7-15-8-5-6-9-17(15)19-12-16-11-10-14(2)18(16)13-20(19)21/h5-6,8-14H,3-4,7H2,1-2H3. The summed E-state index contributed by atoms with van der Waals surface area (Å²) in [4.78, 5) is 0. The van der Waals surface area contributed by atoms with Gasteiger partial charge in [-0.05, 0) is 58.7 Å². The highest BCUT2D eigenvalue weighted by Crippen LogP contribution is 2.39. The molecule has 0 fully saturated rings. The van der Waals surface area contributed by atoms with E-state index in [0.717, 1.165) is 6.42 Å². The van der Waals surface area contributed by atoms with Crippen LogP contribution in [0.4, 0.5) is 0 Å². The Bertz CT molecular complexity index is 682. The number of benzene rings is 2. The van der Waals surface area contributed by atoms with Crippen molar-refractivity contribution in [1.29, 1.82) is 0 Å². The van der Waals surface area contributed by atoms with Gasteiger partial charge in [-0.1, -0.05) is 72.6 Å². The summed E-state index contributed by atoms with van der Waals surface area (Å²) in [6.45, 7) is 4.50. The summed E-state index contributed by atoms with van der Waals surface area (Å²) in [5.41, 5.74) is 6.94. The second-order valence-electron chi connectivity index (χ2n) is 5.87. The highest BCUT2D eigenvalue weighted by molar-refractivity contribution is 9.10. The van der Waals surface area contributed by atoms with Crippen LogP contribution in [0.25, 0.3) is 17.2 Å². The van der Waals surface area contributed by atoms with E-state index in [1.165, 1.54) is 45.1 Å². The van der Waals surface area contributed by atoms with Crippen LogP contribution in [-0.4, -0.2) is 0 Å². The Hall–Kier alpha value is -1.34. The maximum atomic E-state index is 3.79. The first-order valence-corrected chi connectivity index (χ1v) is 8.60. The Labute approximate surface area is 136 Å². The fraction of sp³-hybridized carbons (Fsp3) is 0.300. The van der Waals surface area contributed by atoms with Crippen molar-refractivity contribution in [3.05, 3.63) is 63.6 Å². The molecule has 21 heavy (non-hydrogen) atoms. The molecule has 0 aliphatic heterocycles. The van der Waals surface area contributed by atoms with Crippen LogP contribution < -0.4 is 0 Å². The molecular formula is C20H21Br. The minimum atomic E-state index is 0.528. The molecule has 2 aromatic carbocycles. The molecule has 0 aromatic heterocycles. The second-order valence-corrected chi connectivity index (χ2v) is 6.72. The smallest absolute Gasteiger partial charge is 0.0257 e. The molecule has 108 valence electrons. The molecule has 0 N–H and O–H groups in total. The van der Waals surface area contributed by atoms with Gasteiger partial charge in [0, 0.05) is 4.47 Å². The van der Waals surface area contributed by atoms with Crippen molar-refractivity contribution < 1.29 is 0 Å². The van der Waals surface area contributed by atoms with Gasteiger partial charge in [0.05, 0.1) is 0 Å². The Balaban J connectivity index is 2.07. The lowest BCUT2D eigenvalue weighted by Crippen LogP contribution is -1.94. The van der Waals surface area contributed by atoms with E-state index in [0.29, 0.717) is 5.92 Å². The fourth-order valence-electron chi connectivity index (χ4n) is 3.07. The lowest BCUT2D eigenvalue weighted by atomic mass is 9.93. The van der Waals surface area contributed by atoms with E-state index in [2.05, 4.69) is 78.3 Å². The third-order valence-electron chi connectivity index (χ3n) is 4.33. The molecule has 0 amide bonds. The van der Waals surface area contributed by atoms with Crippen molar-refractivity contribution >= 4 is 22.0 Å². The summed E-state index contributed by atoms with van der Waals surface area (Å²) in [6, 6.07) is 13.4. The first-order chi connectivity index (χ1) is 10.2. The quantitative estimate of drug-likeness (QED) is 0.588. The van der Waals surface area contributed by atoms with Crippen LogP contribution in [0, 0.1) is 0 Å². The number of rotatable bonds is 4. The van der Waals surface area contributed by atoms with Crippen LogP contribution in [0.5, 0.6) is 0 Å². The zero-order valence-corrected chi connectivity index (χ0v) is 14.3. The molecule has 1 atom stereocenters. The average molecular weight is 341 g/mol. The van der Waals surface area contributed by atoms with Crippen molar-refractivity contribution in [3.8, 4) is 11.1 Å². The van der Waals surface area contributed by atoms with Crippen molar-refractivity contribution in [1.82, 2.24) is 0 Å². The summed E-state index contributed by atoms with van der Waals surface area (Å²) < 4.78 is 1.21. The number of halogens is 1. The molecule has 0 heterocycles. The molecule has 3 rings (SSSR count). The lowest BCUT2D eigenvalue weighted by Gasteiger charge is -2.14. The molecule has 0 bridgehead atoms. The van der Waals surface area contributed by atoms with Crippen LogP contribution in [0.1, 0.15) is 49.3 Å². The largest absolute Gasteiger partial charge is 0.0767 e. The fourth-order valence-corrected chi connectivity index (χ4v) is 3.65. The summed E-state index contributed by atoms with van der Waals surface area (Å²) in [6.07, 6.45) is 8.17. The predicted molar refractivity (Wildman–Crippen MR) is 95.6 cm³/mol. The topological polar surface area (TPSA) is 0 Å². The van der Waals surface area contributed by atoms with Gasteiger partial charge in [-0.2, -0.15) is 0 Å².